The molecule has 5 nitrogen and oxygen atoms in total. The van der Waals surface area contributed by atoms with E-state index in [1.165, 1.54) is 10.9 Å². The first-order chi connectivity index (χ1) is 7.08. The lowest BCUT2D eigenvalue weighted by Gasteiger charge is -2.04. The first kappa shape index (κ1) is 9.92. The van der Waals surface area contributed by atoms with Crippen LogP contribution >= 0.6 is 11.6 Å². The van der Waals surface area contributed by atoms with Crippen LogP contribution in [0, 0.1) is 13.8 Å². The summed E-state index contributed by atoms with van der Waals surface area (Å²) in [4.78, 5) is 8.40. The van der Waals surface area contributed by atoms with Crippen LogP contribution in [0.1, 0.15) is 11.5 Å². The SMILES string of the molecule is Cc1cc(-n2ncc(Cl)c2N)nc(C)n1. The first-order valence-electron chi connectivity index (χ1n) is 4.39. The number of aryl methyl sites for hydroxylation is 2. The Balaban J connectivity index is 2.58. The third-order valence-corrected chi connectivity index (χ3v) is 2.22. The van der Waals surface area contributed by atoms with Crippen LogP contribution in [-0.4, -0.2) is 19.7 Å². The number of nitrogens with zero attached hydrogens (tertiary/aromatic N) is 4. The Morgan fingerprint density at radius 2 is 2.07 bits per heavy atom. The zero-order valence-electron chi connectivity index (χ0n) is 8.40. The maximum absolute atomic E-state index is 5.81. The molecule has 0 radical (unpaired) electrons. The molecule has 0 atom stereocenters. The van der Waals surface area contributed by atoms with Gasteiger partial charge < -0.3 is 5.73 Å². The lowest BCUT2D eigenvalue weighted by atomic mass is 10.4. The standard InChI is InChI=1S/C9H10ClN5/c1-5-3-8(14-6(2)13-5)15-9(11)7(10)4-12-15/h3-4H,11H2,1-2H3. The highest BCUT2D eigenvalue weighted by Crippen LogP contribution is 2.20. The lowest BCUT2D eigenvalue weighted by molar-refractivity contribution is 0.831. The first-order valence-corrected chi connectivity index (χ1v) is 4.77. The third kappa shape index (κ3) is 1.78. The molecule has 0 aliphatic heterocycles. The van der Waals surface area contributed by atoms with Gasteiger partial charge in [-0.3, -0.25) is 0 Å². The molecule has 6 heteroatoms. The second-order valence-electron chi connectivity index (χ2n) is 3.20. The van der Waals surface area contributed by atoms with Gasteiger partial charge >= 0.3 is 0 Å². The monoisotopic (exact) mass is 223 g/mol. The van der Waals surface area contributed by atoms with Crippen LogP contribution < -0.4 is 5.73 Å². The van der Waals surface area contributed by atoms with E-state index in [-0.39, 0.29) is 0 Å². The van der Waals surface area contributed by atoms with Gasteiger partial charge in [-0.05, 0) is 13.8 Å². The van der Waals surface area contributed by atoms with E-state index in [0.29, 0.717) is 22.5 Å². The van der Waals surface area contributed by atoms with Crippen molar-refractivity contribution in [3.63, 3.8) is 0 Å². The van der Waals surface area contributed by atoms with Crippen LogP contribution in [0.5, 0.6) is 0 Å². The molecule has 0 aliphatic carbocycles. The Kier molecular flexibility index (Phi) is 2.32. The molecule has 2 heterocycles. The van der Waals surface area contributed by atoms with Crippen molar-refractivity contribution >= 4 is 17.4 Å². The number of halogens is 1. The molecule has 0 spiro atoms. The Hall–Kier alpha value is -1.62. The van der Waals surface area contributed by atoms with Crippen molar-refractivity contribution in [2.45, 2.75) is 13.8 Å². The van der Waals surface area contributed by atoms with Crippen molar-refractivity contribution in [3.05, 3.63) is 28.8 Å². The van der Waals surface area contributed by atoms with E-state index in [9.17, 15) is 0 Å². The van der Waals surface area contributed by atoms with Gasteiger partial charge in [0.1, 0.15) is 16.7 Å². The minimum atomic E-state index is 0.383. The number of anilines is 1. The highest BCUT2D eigenvalue weighted by atomic mass is 35.5. The molecule has 0 saturated heterocycles. The molecule has 0 fully saturated rings. The van der Waals surface area contributed by atoms with E-state index in [4.69, 9.17) is 17.3 Å². The number of hydrogen-bond donors (Lipinski definition) is 1. The van der Waals surface area contributed by atoms with Crippen molar-refractivity contribution in [1.29, 1.82) is 0 Å². The molecule has 0 unspecified atom stereocenters. The van der Waals surface area contributed by atoms with Gasteiger partial charge in [-0.15, -0.1) is 0 Å². The minimum Gasteiger partial charge on any atom is -0.382 e. The van der Waals surface area contributed by atoms with Crippen LogP contribution in [0.25, 0.3) is 5.82 Å². The molecule has 2 rings (SSSR count). The molecule has 78 valence electrons. The molecule has 0 aliphatic rings. The van der Waals surface area contributed by atoms with E-state index < -0.39 is 0 Å². The van der Waals surface area contributed by atoms with Crippen LogP contribution in [-0.2, 0) is 0 Å². The maximum Gasteiger partial charge on any atom is 0.159 e. The van der Waals surface area contributed by atoms with Gasteiger partial charge in [-0.25, -0.2) is 9.97 Å². The number of aromatic nitrogens is 4. The van der Waals surface area contributed by atoms with Crippen molar-refractivity contribution in [3.8, 4) is 5.82 Å². The van der Waals surface area contributed by atoms with Gasteiger partial charge in [0.2, 0.25) is 0 Å². The van der Waals surface area contributed by atoms with Gasteiger partial charge in [0.15, 0.2) is 5.82 Å². The highest BCUT2D eigenvalue weighted by Gasteiger charge is 2.09. The maximum atomic E-state index is 5.81. The number of nitrogen functional groups attached to an aromatic ring is 1. The van der Waals surface area contributed by atoms with E-state index in [0.717, 1.165) is 5.69 Å². The fraction of sp³-hybridized carbons (Fsp3) is 0.222. The van der Waals surface area contributed by atoms with Crippen molar-refractivity contribution < 1.29 is 0 Å². The fourth-order valence-corrected chi connectivity index (χ4v) is 1.45. The van der Waals surface area contributed by atoms with Crippen LogP contribution in [0.15, 0.2) is 12.3 Å². The summed E-state index contributed by atoms with van der Waals surface area (Å²) in [5, 5.41) is 4.46. The van der Waals surface area contributed by atoms with Gasteiger partial charge in [-0.2, -0.15) is 9.78 Å². The van der Waals surface area contributed by atoms with Crippen molar-refractivity contribution in [2.75, 3.05) is 5.73 Å². The van der Waals surface area contributed by atoms with Gasteiger partial charge in [-0.1, -0.05) is 11.6 Å². The summed E-state index contributed by atoms with van der Waals surface area (Å²) in [5.74, 6) is 1.69. The average molecular weight is 224 g/mol. The summed E-state index contributed by atoms with van der Waals surface area (Å²) >= 11 is 5.81. The van der Waals surface area contributed by atoms with E-state index in [1.54, 1.807) is 6.07 Å². The third-order valence-electron chi connectivity index (χ3n) is 1.93. The zero-order chi connectivity index (χ0) is 11.0. The van der Waals surface area contributed by atoms with Crippen LogP contribution in [0.2, 0.25) is 5.02 Å². The Morgan fingerprint density at radius 1 is 1.33 bits per heavy atom. The normalized spacial score (nSPS) is 10.6. The Morgan fingerprint density at radius 3 is 2.60 bits per heavy atom. The second-order valence-corrected chi connectivity index (χ2v) is 3.61. The Labute approximate surface area is 91.9 Å². The molecule has 15 heavy (non-hydrogen) atoms. The molecule has 2 N–H and O–H groups in total. The van der Waals surface area contributed by atoms with Gasteiger partial charge in [0, 0.05) is 11.8 Å². The van der Waals surface area contributed by atoms with Crippen LogP contribution in [0.4, 0.5) is 5.82 Å². The molecule has 2 aromatic heterocycles. The largest absolute Gasteiger partial charge is 0.382 e. The number of hydrogen-bond acceptors (Lipinski definition) is 4. The molecule has 0 aromatic carbocycles. The second kappa shape index (κ2) is 3.51. The van der Waals surface area contributed by atoms with Crippen LogP contribution in [0.3, 0.4) is 0 Å². The highest BCUT2D eigenvalue weighted by molar-refractivity contribution is 6.32. The summed E-state index contributed by atoms with van der Waals surface area (Å²) in [6.45, 7) is 3.71. The van der Waals surface area contributed by atoms with Crippen molar-refractivity contribution in [2.24, 2.45) is 0 Å². The summed E-state index contributed by atoms with van der Waals surface area (Å²) in [6.07, 6.45) is 1.49. The predicted molar refractivity (Wildman–Crippen MR) is 58.1 cm³/mol. The summed E-state index contributed by atoms with van der Waals surface area (Å²) in [7, 11) is 0. The molecular weight excluding hydrogens is 214 g/mol. The van der Waals surface area contributed by atoms with E-state index in [1.807, 2.05) is 13.8 Å². The van der Waals surface area contributed by atoms with Gasteiger partial charge in [0.25, 0.3) is 0 Å². The summed E-state index contributed by atoms with van der Waals surface area (Å²) in [5.41, 5.74) is 6.61. The van der Waals surface area contributed by atoms with Crippen molar-refractivity contribution in [1.82, 2.24) is 19.7 Å². The quantitative estimate of drug-likeness (QED) is 0.796. The molecule has 0 saturated carbocycles. The molecule has 0 bridgehead atoms. The van der Waals surface area contributed by atoms with Gasteiger partial charge in [0.05, 0.1) is 6.20 Å². The van der Waals surface area contributed by atoms with E-state index >= 15 is 0 Å². The predicted octanol–water partition coefficient (Wildman–Crippen LogP) is 1.51. The smallest absolute Gasteiger partial charge is 0.159 e. The number of nitrogens with two attached hydrogens (primary N) is 1. The topological polar surface area (TPSA) is 69.6 Å². The lowest BCUT2D eigenvalue weighted by Crippen LogP contribution is -2.06. The average Bonchev–Trinajstić information content (AvgIpc) is 2.46. The fourth-order valence-electron chi connectivity index (χ4n) is 1.33. The zero-order valence-corrected chi connectivity index (χ0v) is 9.15. The number of rotatable bonds is 1. The minimum absolute atomic E-state index is 0.383. The molecular formula is C9H10ClN5. The molecule has 2 aromatic rings. The summed E-state index contributed by atoms with van der Waals surface area (Å²) < 4.78 is 1.49. The van der Waals surface area contributed by atoms with E-state index in [2.05, 4.69) is 15.1 Å². The summed E-state index contributed by atoms with van der Waals surface area (Å²) in [6, 6.07) is 1.80. The Bertz CT molecular complexity index is 485. The molecule has 0 amide bonds.